The fourth-order valence-corrected chi connectivity index (χ4v) is 3.62. The minimum atomic E-state index is 0.510. The van der Waals surface area contributed by atoms with Crippen molar-refractivity contribution >= 4 is 52.3 Å². The van der Waals surface area contributed by atoms with Gasteiger partial charge in [0, 0.05) is 16.7 Å². The molecule has 0 radical (unpaired) electrons. The summed E-state index contributed by atoms with van der Waals surface area (Å²) in [6.45, 7) is 0. The number of nitrogen functional groups attached to an aromatic ring is 1. The van der Waals surface area contributed by atoms with Crippen molar-refractivity contribution in [1.82, 2.24) is 9.97 Å². The highest BCUT2D eigenvalue weighted by molar-refractivity contribution is 7.99. The summed E-state index contributed by atoms with van der Waals surface area (Å²) in [7, 11) is 0. The van der Waals surface area contributed by atoms with Gasteiger partial charge in [-0.2, -0.15) is 0 Å². The van der Waals surface area contributed by atoms with Crippen LogP contribution in [0.25, 0.3) is 0 Å². The second-order valence-corrected chi connectivity index (χ2v) is 6.68. The normalized spacial score (nSPS) is 10.7. The van der Waals surface area contributed by atoms with E-state index in [1.165, 1.54) is 4.88 Å². The molecule has 0 spiro atoms. The summed E-state index contributed by atoms with van der Waals surface area (Å²) in [6, 6.07) is 5.69. The molecule has 0 aliphatic heterocycles. The van der Waals surface area contributed by atoms with E-state index < -0.39 is 0 Å². The molecule has 0 saturated heterocycles. The third-order valence-electron chi connectivity index (χ3n) is 1.88. The van der Waals surface area contributed by atoms with Crippen molar-refractivity contribution in [3.63, 3.8) is 0 Å². The Hall–Kier alpha value is -0.430. The molecule has 2 rings (SSSR count). The first-order valence-corrected chi connectivity index (χ1v) is 8.13. The molecule has 0 fully saturated rings. The number of thioether (sulfide) groups is 2. The van der Waals surface area contributed by atoms with Gasteiger partial charge in [-0.3, -0.25) is 0 Å². The lowest BCUT2D eigenvalue weighted by atomic mass is 10.5. The van der Waals surface area contributed by atoms with E-state index in [-0.39, 0.29) is 0 Å². The molecule has 7 heteroatoms. The van der Waals surface area contributed by atoms with Crippen molar-refractivity contribution in [2.24, 2.45) is 0 Å². The van der Waals surface area contributed by atoms with Gasteiger partial charge in [0.15, 0.2) is 5.16 Å². The second-order valence-electron chi connectivity index (χ2n) is 3.11. The minimum absolute atomic E-state index is 0.510. The van der Waals surface area contributed by atoms with Crippen LogP contribution in [0, 0.1) is 0 Å². The van der Waals surface area contributed by atoms with Gasteiger partial charge in [0.2, 0.25) is 0 Å². The minimum Gasteiger partial charge on any atom is -0.384 e. The third-order valence-corrected chi connectivity index (χ3v) is 4.82. The van der Waals surface area contributed by atoms with Gasteiger partial charge in [-0.1, -0.05) is 23.4 Å². The molecule has 2 aromatic rings. The van der Waals surface area contributed by atoms with Gasteiger partial charge in [0.1, 0.15) is 10.8 Å². The molecule has 2 aromatic heterocycles. The van der Waals surface area contributed by atoms with Crippen LogP contribution < -0.4 is 5.73 Å². The highest BCUT2D eigenvalue weighted by Gasteiger charge is 2.05. The molecule has 0 bridgehead atoms. The fraction of sp³-hybridized carbons (Fsp3) is 0.200. The van der Waals surface area contributed by atoms with Crippen molar-refractivity contribution in [3.05, 3.63) is 27.4 Å². The number of hydrogen-bond donors (Lipinski definition) is 1. The maximum Gasteiger partial charge on any atom is 0.190 e. The van der Waals surface area contributed by atoms with E-state index in [0.717, 1.165) is 15.1 Å². The Balaban J connectivity index is 2.05. The summed E-state index contributed by atoms with van der Waals surface area (Å²) < 4.78 is 0.805. The number of rotatable bonds is 4. The number of halogens is 1. The smallest absolute Gasteiger partial charge is 0.190 e. The Morgan fingerprint density at radius 2 is 2.24 bits per heavy atom. The van der Waals surface area contributed by atoms with E-state index >= 15 is 0 Å². The molecule has 17 heavy (non-hydrogen) atoms. The summed E-state index contributed by atoms with van der Waals surface area (Å²) in [4.78, 5) is 9.78. The summed E-state index contributed by atoms with van der Waals surface area (Å²) in [5.74, 6) is 1.32. The zero-order chi connectivity index (χ0) is 12.3. The molecule has 3 nitrogen and oxygen atoms in total. The molecule has 0 aliphatic carbocycles. The topological polar surface area (TPSA) is 51.8 Å². The van der Waals surface area contributed by atoms with Crippen LogP contribution >= 0.6 is 46.5 Å². The van der Waals surface area contributed by atoms with Crippen LogP contribution in [-0.2, 0) is 5.75 Å². The summed E-state index contributed by atoms with van der Waals surface area (Å²) in [5, 5.41) is 1.60. The molecule has 0 aromatic carbocycles. The lowest BCUT2D eigenvalue weighted by molar-refractivity contribution is 0.901. The van der Waals surface area contributed by atoms with Crippen LogP contribution in [0.4, 0.5) is 5.82 Å². The summed E-state index contributed by atoms with van der Waals surface area (Å²) >= 11 is 10.6. The molecule has 0 unspecified atom stereocenters. The lowest BCUT2D eigenvalue weighted by Gasteiger charge is -2.02. The average Bonchev–Trinajstić information content (AvgIpc) is 2.72. The van der Waals surface area contributed by atoms with E-state index in [2.05, 4.69) is 9.97 Å². The fourth-order valence-electron chi connectivity index (χ4n) is 1.15. The van der Waals surface area contributed by atoms with E-state index in [1.54, 1.807) is 40.9 Å². The second kappa shape index (κ2) is 5.95. The van der Waals surface area contributed by atoms with E-state index in [1.807, 2.05) is 18.4 Å². The molecule has 2 N–H and O–H groups in total. The van der Waals surface area contributed by atoms with Gasteiger partial charge in [0.25, 0.3) is 0 Å². The van der Waals surface area contributed by atoms with Gasteiger partial charge in [0.05, 0.1) is 4.34 Å². The maximum absolute atomic E-state index is 5.87. The molecular formula is C10H10ClN3S3. The van der Waals surface area contributed by atoms with Crippen molar-refractivity contribution in [1.29, 1.82) is 0 Å². The van der Waals surface area contributed by atoms with Crippen LogP contribution in [0.2, 0.25) is 4.34 Å². The van der Waals surface area contributed by atoms with Crippen molar-refractivity contribution < 1.29 is 0 Å². The van der Waals surface area contributed by atoms with Gasteiger partial charge in [-0.25, -0.2) is 9.97 Å². The van der Waals surface area contributed by atoms with Crippen molar-refractivity contribution in [3.8, 4) is 0 Å². The van der Waals surface area contributed by atoms with Gasteiger partial charge < -0.3 is 5.73 Å². The van der Waals surface area contributed by atoms with Crippen LogP contribution in [-0.4, -0.2) is 16.2 Å². The zero-order valence-corrected chi connectivity index (χ0v) is 12.2. The summed E-state index contributed by atoms with van der Waals surface area (Å²) in [6.07, 6.45) is 1.97. The maximum atomic E-state index is 5.87. The van der Waals surface area contributed by atoms with Crippen molar-refractivity contribution in [2.75, 3.05) is 12.0 Å². The highest BCUT2D eigenvalue weighted by atomic mass is 35.5. The lowest BCUT2D eigenvalue weighted by Crippen LogP contribution is -1.95. The number of aromatic nitrogens is 2. The van der Waals surface area contributed by atoms with Crippen LogP contribution in [0.5, 0.6) is 0 Å². The predicted octanol–water partition coefficient (Wildman–Crippen LogP) is 3.79. The van der Waals surface area contributed by atoms with Crippen LogP contribution in [0.3, 0.4) is 0 Å². The molecule has 90 valence electrons. The number of anilines is 1. The highest BCUT2D eigenvalue weighted by Crippen LogP contribution is 2.28. The number of hydrogen-bond acceptors (Lipinski definition) is 6. The number of nitrogens with zero attached hydrogens (tertiary/aromatic N) is 2. The quantitative estimate of drug-likeness (QED) is 0.529. The van der Waals surface area contributed by atoms with E-state index in [0.29, 0.717) is 11.0 Å². The zero-order valence-electron chi connectivity index (χ0n) is 9.01. The van der Waals surface area contributed by atoms with Gasteiger partial charge in [-0.05, 0) is 18.4 Å². The molecule has 0 saturated carbocycles. The van der Waals surface area contributed by atoms with Gasteiger partial charge in [-0.15, -0.1) is 23.1 Å². The SMILES string of the molecule is CSc1cc(N)nc(SCc2ccc(Cl)s2)n1. The standard InChI is InChI=1S/C10H10ClN3S3/c1-15-9-4-8(12)13-10(14-9)16-5-6-2-3-7(11)17-6/h2-4H,5H2,1H3,(H2,12,13,14). The molecule has 0 atom stereocenters. The first-order valence-electron chi connectivity index (χ1n) is 4.73. The first kappa shape index (κ1) is 13.0. The Bertz CT molecular complexity index is 515. The Morgan fingerprint density at radius 1 is 1.41 bits per heavy atom. The van der Waals surface area contributed by atoms with Gasteiger partial charge >= 0.3 is 0 Å². The van der Waals surface area contributed by atoms with Crippen LogP contribution in [0.15, 0.2) is 28.4 Å². The Morgan fingerprint density at radius 3 is 2.88 bits per heavy atom. The van der Waals surface area contributed by atoms with Crippen molar-refractivity contribution in [2.45, 2.75) is 15.9 Å². The number of nitrogens with two attached hydrogens (primary N) is 1. The Kier molecular flexibility index (Phi) is 4.55. The molecule has 2 heterocycles. The monoisotopic (exact) mass is 303 g/mol. The van der Waals surface area contributed by atoms with E-state index in [9.17, 15) is 0 Å². The molecule has 0 amide bonds. The van der Waals surface area contributed by atoms with Crippen LogP contribution in [0.1, 0.15) is 4.88 Å². The largest absolute Gasteiger partial charge is 0.384 e. The number of thiophene rings is 1. The third kappa shape index (κ3) is 3.77. The summed E-state index contributed by atoms with van der Waals surface area (Å²) in [5.41, 5.74) is 5.71. The first-order chi connectivity index (χ1) is 8.17. The Labute approximate surface area is 117 Å². The molecular weight excluding hydrogens is 294 g/mol. The van der Waals surface area contributed by atoms with E-state index in [4.69, 9.17) is 17.3 Å². The molecule has 0 aliphatic rings. The predicted molar refractivity (Wildman–Crippen MR) is 77.1 cm³/mol. The average molecular weight is 304 g/mol.